The Hall–Kier alpha value is -1.96. The van der Waals surface area contributed by atoms with Gasteiger partial charge < -0.3 is 14.8 Å². The summed E-state index contributed by atoms with van der Waals surface area (Å²) in [5, 5.41) is 7.13. The van der Waals surface area contributed by atoms with Crippen LogP contribution in [0.25, 0.3) is 0 Å². The Kier molecular flexibility index (Phi) is 6.10. The van der Waals surface area contributed by atoms with Gasteiger partial charge in [-0.05, 0) is 37.3 Å². The van der Waals surface area contributed by atoms with Crippen LogP contribution < -0.4 is 20.2 Å². The van der Waals surface area contributed by atoms with E-state index in [9.17, 15) is 8.78 Å². The molecule has 1 rings (SSSR count). The summed E-state index contributed by atoms with van der Waals surface area (Å²) in [6.45, 7) is -1.16. The second-order valence-electron chi connectivity index (χ2n) is 3.63. The van der Waals surface area contributed by atoms with Crippen LogP contribution >= 0.6 is 12.2 Å². The summed E-state index contributed by atoms with van der Waals surface area (Å²) >= 11 is 4.88. The molecule has 5 nitrogen and oxygen atoms in total. The van der Waals surface area contributed by atoms with Gasteiger partial charge in [0.05, 0.1) is 12.8 Å². The molecule has 0 spiro atoms. The summed E-state index contributed by atoms with van der Waals surface area (Å²) in [5.41, 5.74) is 3.94. The van der Waals surface area contributed by atoms with E-state index in [0.717, 1.165) is 0 Å². The third-order valence-corrected chi connectivity index (χ3v) is 2.65. The van der Waals surface area contributed by atoms with Gasteiger partial charge >= 0.3 is 6.61 Å². The fourth-order valence-electron chi connectivity index (χ4n) is 1.34. The summed E-state index contributed by atoms with van der Waals surface area (Å²) < 4.78 is 33.8. The van der Waals surface area contributed by atoms with E-state index < -0.39 is 6.61 Å². The number of nitrogens with zero attached hydrogens (tertiary/aromatic N) is 1. The Bertz CT molecular complexity index is 509. The van der Waals surface area contributed by atoms with Crippen LogP contribution in [0, 0.1) is 0 Å². The van der Waals surface area contributed by atoms with Crippen LogP contribution in [0.3, 0.4) is 0 Å². The quantitative estimate of drug-likeness (QED) is 0.496. The molecule has 8 heteroatoms. The molecule has 1 aromatic carbocycles. The average molecular weight is 303 g/mol. The monoisotopic (exact) mass is 303 g/mol. The first-order chi connectivity index (χ1) is 9.47. The van der Waals surface area contributed by atoms with E-state index in [1.54, 1.807) is 26.1 Å². The fourth-order valence-corrected chi connectivity index (χ4v) is 1.39. The Morgan fingerprint density at radius 1 is 1.35 bits per heavy atom. The summed E-state index contributed by atoms with van der Waals surface area (Å²) in [7, 11) is 3.04. The SMILES string of the molecule is CNC(=S)N/N=C(/C)c1ccc(OC(F)F)c(OC)c1. The Balaban J connectivity index is 2.94. The molecule has 0 saturated heterocycles. The van der Waals surface area contributed by atoms with Crippen molar-refractivity contribution in [3.05, 3.63) is 23.8 Å². The van der Waals surface area contributed by atoms with Gasteiger partial charge in [0.1, 0.15) is 0 Å². The molecule has 0 fully saturated rings. The van der Waals surface area contributed by atoms with Gasteiger partial charge in [-0.15, -0.1) is 0 Å². The molecule has 0 atom stereocenters. The Morgan fingerprint density at radius 2 is 2.05 bits per heavy atom. The average Bonchev–Trinajstić information content (AvgIpc) is 2.44. The minimum Gasteiger partial charge on any atom is -0.493 e. The van der Waals surface area contributed by atoms with E-state index >= 15 is 0 Å². The number of hydrogen-bond donors (Lipinski definition) is 2. The van der Waals surface area contributed by atoms with Crippen LogP contribution in [-0.4, -0.2) is 31.6 Å². The van der Waals surface area contributed by atoms with E-state index in [2.05, 4.69) is 20.6 Å². The van der Waals surface area contributed by atoms with Gasteiger partial charge in [-0.3, -0.25) is 5.43 Å². The number of hydrazone groups is 1. The lowest BCUT2D eigenvalue weighted by Gasteiger charge is -2.11. The largest absolute Gasteiger partial charge is 0.493 e. The summed E-state index contributed by atoms with van der Waals surface area (Å²) in [5.74, 6) is 0.172. The molecule has 0 aromatic heterocycles. The molecule has 0 aliphatic rings. The summed E-state index contributed by atoms with van der Waals surface area (Å²) in [6, 6.07) is 4.56. The normalized spacial score (nSPS) is 11.2. The first-order valence-electron chi connectivity index (χ1n) is 5.63. The maximum Gasteiger partial charge on any atom is 0.387 e. The van der Waals surface area contributed by atoms with Crippen LogP contribution in [0.4, 0.5) is 8.78 Å². The van der Waals surface area contributed by atoms with Crippen LogP contribution in [0.15, 0.2) is 23.3 Å². The lowest BCUT2D eigenvalue weighted by atomic mass is 10.1. The predicted molar refractivity (Wildman–Crippen MR) is 76.6 cm³/mol. The van der Waals surface area contributed by atoms with Gasteiger partial charge in [0, 0.05) is 12.6 Å². The molecule has 0 heterocycles. The lowest BCUT2D eigenvalue weighted by Crippen LogP contribution is -2.29. The van der Waals surface area contributed by atoms with E-state index in [0.29, 0.717) is 16.4 Å². The van der Waals surface area contributed by atoms with Crippen molar-refractivity contribution < 1.29 is 18.3 Å². The first kappa shape index (κ1) is 16.1. The van der Waals surface area contributed by atoms with Crippen molar-refractivity contribution in [2.24, 2.45) is 5.10 Å². The van der Waals surface area contributed by atoms with Crippen LogP contribution in [0.2, 0.25) is 0 Å². The van der Waals surface area contributed by atoms with Crippen LogP contribution in [0.1, 0.15) is 12.5 Å². The molecular formula is C12H15F2N3O2S. The van der Waals surface area contributed by atoms with E-state index in [-0.39, 0.29) is 11.5 Å². The molecule has 1 aromatic rings. The molecule has 0 amide bonds. The van der Waals surface area contributed by atoms with Crippen molar-refractivity contribution in [3.8, 4) is 11.5 Å². The third kappa shape index (κ3) is 4.61. The zero-order valence-corrected chi connectivity index (χ0v) is 12.1. The molecule has 0 bridgehead atoms. The smallest absolute Gasteiger partial charge is 0.387 e. The maximum absolute atomic E-state index is 12.2. The number of rotatable bonds is 5. The van der Waals surface area contributed by atoms with Gasteiger partial charge in [0.25, 0.3) is 0 Å². The second-order valence-corrected chi connectivity index (χ2v) is 4.04. The van der Waals surface area contributed by atoms with Crippen molar-refractivity contribution in [3.63, 3.8) is 0 Å². The minimum atomic E-state index is -2.90. The molecule has 0 aliphatic carbocycles. The fraction of sp³-hybridized carbons (Fsp3) is 0.333. The molecule has 0 unspecified atom stereocenters. The Morgan fingerprint density at radius 3 is 2.60 bits per heavy atom. The van der Waals surface area contributed by atoms with Gasteiger partial charge in [0.2, 0.25) is 0 Å². The number of halogens is 2. The van der Waals surface area contributed by atoms with E-state index in [1.165, 1.54) is 13.2 Å². The van der Waals surface area contributed by atoms with Gasteiger partial charge in [0.15, 0.2) is 16.6 Å². The molecule has 0 radical (unpaired) electrons. The number of methoxy groups -OCH3 is 1. The van der Waals surface area contributed by atoms with Crippen molar-refractivity contribution in [2.45, 2.75) is 13.5 Å². The molecule has 2 N–H and O–H groups in total. The summed E-state index contributed by atoms with van der Waals surface area (Å²) in [4.78, 5) is 0. The highest BCUT2D eigenvalue weighted by molar-refractivity contribution is 7.80. The maximum atomic E-state index is 12.2. The van der Waals surface area contributed by atoms with Crippen molar-refractivity contribution in [1.82, 2.24) is 10.7 Å². The number of benzene rings is 1. The minimum absolute atomic E-state index is 0.0299. The predicted octanol–water partition coefficient (Wildman–Crippen LogP) is 2.11. The standard InChI is InChI=1S/C12H15F2N3O2S/c1-7(16-17-12(20)15-2)8-4-5-9(19-11(13)14)10(6-8)18-3/h4-6,11H,1-3H3,(H2,15,17,20)/b16-7-. The highest BCUT2D eigenvalue weighted by Gasteiger charge is 2.11. The molecular weight excluding hydrogens is 288 g/mol. The van der Waals surface area contributed by atoms with Crippen molar-refractivity contribution >= 4 is 23.0 Å². The number of thiocarbonyl (C=S) groups is 1. The van der Waals surface area contributed by atoms with Crippen molar-refractivity contribution in [1.29, 1.82) is 0 Å². The first-order valence-corrected chi connectivity index (χ1v) is 6.04. The number of alkyl halides is 2. The molecule has 0 aliphatic heterocycles. The highest BCUT2D eigenvalue weighted by Crippen LogP contribution is 2.29. The topological polar surface area (TPSA) is 54.9 Å². The zero-order chi connectivity index (χ0) is 15.1. The number of ether oxygens (including phenoxy) is 2. The van der Waals surface area contributed by atoms with E-state index in [1.807, 2.05) is 0 Å². The second kappa shape index (κ2) is 7.59. The van der Waals surface area contributed by atoms with Gasteiger partial charge in [-0.2, -0.15) is 13.9 Å². The van der Waals surface area contributed by atoms with Crippen LogP contribution in [0.5, 0.6) is 11.5 Å². The zero-order valence-electron chi connectivity index (χ0n) is 11.2. The molecule has 20 heavy (non-hydrogen) atoms. The molecule has 110 valence electrons. The highest BCUT2D eigenvalue weighted by atomic mass is 32.1. The number of hydrogen-bond acceptors (Lipinski definition) is 4. The lowest BCUT2D eigenvalue weighted by molar-refractivity contribution is -0.0512. The third-order valence-electron chi connectivity index (χ3n) is 2.35. The van der Waals surface area contributed by atoms with Crippen LogP contribution in [-0.2, 0) is 0 Å². The summed E-state index contributed by atoms with van der Waals surface area (Å²) in [6.07, 6.45) is 0. The van der Waals surface area contributed by atoms with E-state index in [4.69, 9.17) is 17.0 Å². The Labute approximate surface area is 121 Å². The van der Waals surface area contributed by atoms with Crippen molar-refractivity contribution in [2.75, 3.05) is 14.2 Å². The van der Waals surface area contributed by atoms with Gasteiger partial charge in [-0.25, -0.2) is 0 Å². The molecule has 0 saturated carbocycles. The van der Waals surface area contributed by atoms with Gasteiger partial charge in [-0.1, -0.05) is 0 Å². The number of nitrogens with one attached hydrogen (secondary N) is 2.